The van der Waals surface area contributed by atoms with Crippen molar-refractivity contribution in [2.75, 3.05) is 58.2 Å². The van der Waals surface area contributed by atoms with Crippen LogP contribution in [0, 0.1) is 0 Å². The average molecular weight is 729 g/mol. The number of rotatable bonds is 8. The zero-order chi connectivity index (χ0) is 36.5. The highest BCUT2D eigenvalue weighted by molar-refractivity contribution is 6.34. The Hall–Kier alpha value is -5.21. The zero-order valence-corrected chi connectivity index (χ0v) is 29.9. The highest BCUT2D eigenvalue weighted by atomic mass is 35.5. The third-order valence-corrected chi connectivity index (χ3v) is 10.7. The van der Waals surface area contributed by atoms with Crippen LogP contribution in [0.25, 0.3) is 22.0 Å². The molecule has 14 nitrogen and oxygen atoms in total. The first-order valence-electron chi connectivity index (χ1n) is 17.5. The number of benzene rings is 2. The van der Waals surface area contributed by atoms with Crippen molar-refractivity contribution in [2.45, 2.75) is 37.6 Å². The fourth-order valence-electron chi connectivity index (χ4n) is 7.40. The summed E-state index contributed by atoms with van der Waals surface area (Å²) in [6.07, 6.45) is 5.97. The molecule has 272 valence electrons. The number of hydrogen-bond acceptors (Lipinski definition) is 9. The van der Waals surface area contributed by atoms with Crippen molar-refractivity contribution in [3.8, 4) is 16.9 Å². The molecule has 4 amide bonds. The summed E-state index contributed by atoms with van der Waals surface area (Å²) in [4.78, 5) is 68.8. The van der Waals surface area contributed by atoms with Gasteiger partial charge >= 0.3 is 0 Å². The fourth-order valence-corrected chi connectivity index (χ4v) is 7.70. The lowest BCUT2D eigenvalue weighted by molar-refractivity contribution is -0.135. The third kappa shape index (κ3) is 7.13. The number of nitrogens with one attached hydrogen (secondary N) is 3. The maximum atomic E-state index is 13.7. The number of H-pyrrole nitrogens is 1. The Balaban J connectivity index is 0.907. The lowest BCUT2D eigenvalue weighted by Crippen LogP contribution is -2.53. The predicted molar refractivity (Wildman–Crippen MR) is 195 cm³/mol. The molecule has 4 aromatic rings. The quantitative estimate of drug-likeness (QED) is 0.232. The Morgan fingerprint density at radius 3 is 2.38 bits per heavy atom. The molecule has 2 aromatic carbocycles. The Labute approximate surface area is 305 Å². The van der Waals surface area contributed by atoms with Crippen LogP contribution in [0.4, 0.5) is 5.69 Å². The first kappa shape index (κ1) is 35.2. The number of piperidine rings is 2. The van der Waals surface area contributed by atoms with Gasteiger partial charge in [0.2, 0.25) is 17.7 Å². The van der Waals surface area contributed by atoms with Crippen molar-refractivity contribution in [1.82, 2.24) is 34.8 Å². The van der Waals surface area contributed by atoms with Crippen molar-refractivity contribution >= 4 is 51.8 Å². The largest absolute Gasteiger partial charge is 0.496 e. The topological polar surface area (TPSA) is 162 Å². The van der Waals surface area contributed by atoms with Crippen LogP contribution < -0.4 is 20.9 Å². The van der Waals surface area contributed by atoms with E-state index in [0.717, 1.165) is 37.2 Å². The van der Waals surface area contributed by atoms with Crippen LogP contribution in [0.2, 0.25) is 5.02 Å². The number of halogens is 1. The molecule has 0 spiro atoms. The van der Waals surface area contributed by atoms with E-state index in [1.165, 1.54) is 17.2 Å². The molecular formula is C37H41ClN8O6. The molecule has 3 aliphatic heterocycles. The molecule has 52 heavy (non-hydrogen) atoms. The molecule has 7 rings (SSSR count). The van der Waals surface area contributed by atoms with E-state index >= 15 is 0 Å². The molecular weight excluding hydrogens is 688 g/mol. The molecule has 5 heterocycles. The summed E-state index contributed by atoms with van der Waals surface area (Å²) in [5.41, 5.74) is 3.90. The van der Waals surface area contributed by atoms with Gasteiger partial charge in [-0.15, -0.1) is 0 Å². The maximum Gasteiger partial charge on any atom is 0.276 e. The van der Waals surface area contributed by atoms with Crippen molar-refractivity contribution < 1.29 is 23.9 Å². The van der Waals surface area contributed by atoms with Crippen LogP contribution in [-0.2, 0) is 21.4 Å². The summed E-state index contributed by atoms with van der Waals surface area (Å²) >= 11 is 6.75. The van der Waals surface area contributed by atoms with Gasteiger partial charge in [0.25, 0.3) is 11.5 Å². The van der Waals surface area contributed by atoms with Crippen LogP contribution in [0.5, 0.6) is 5.75 Å². The van der Waals surface area contributed by atoms with Crippen molar-refractivity contribution in [1.29, 1.82) is 0 Å². The molecule has 0 aliphatic carbocycles. The minimum Gasteiger partial charge on any atom is -0.496 e. The number of piperazine rings is 1. The molecule has 3 aliphatic rings. The Kier molecular flexibility index (Phi) is 10.0. The zero-order valence-electron chi connectivity index (χ0n) is 29.1. The molecule has 0 saturated carbocycles. The van der Waals surface area contributed by atoms with Crippen molar-refractivity contribution in [2.24, 2.45) is 7.05 Å². The number of fused-ring (bicyclic) bond motifs is 1. The Morgan fingerprint density at radius 1 is 0.981 bits per heavy atom. The van der Waals surface area contributed by atoms with Crippen LogP contribution in [0.15, 0.2) is 53.6 Å². The summed E-state index contributed by atoms with van der Waals surface area (Å²) < 4.78 is 7.11. The minimum atomic E-state index is -0.414. The van der Waals surface area contributed by atoms with E-state index in [0.29, 0.717) is 73.7 Å². The predicted octanol–water partition coefficient (Wildman–Crippen LogP) is 2.97. The van der Waals surface area contributed by atoms with Crippen LogP contribution in [-0.4, -0.2) is 112 Å². The number of aryl methyl sites for hydroxylation is 1. The highest BCUT2D eigenvalue weighted by Gasteiger charge is 2.31. The Morgan fingerprint density at radius 2 is 1.69 bits per heavy atom. The summed E-state index contributed by atoms with van der Waals surface area (Å²) in [7, 11) is 3.14. The lowest BCUT2D eigenvalue weighted by Gasteiger charge is -2.37. The monoisotopic (exact) mass is 728 g/mol. The van der Waals surface area contributed by atoms with Gasteiger partial charge in [0, 0.05) is 62.5 Å². The molecule has 1 unspecified atom stereocenters. The van der Waals surface area contributed by atoms with E-state index < -0.39 is 6.04 Å². The molecule has 0 radical (unpaired) electrons. The second kappa shape index (κ2) is 14.8. The van der Waals surface area contributed by atoms with E-state index in [1.807, 2.05) is 17.0 Å². The second-order valence-corrected chi connectivity index (χ2v) is 14.1. The number of ether oxygens (including phenoxy) is 1. The minimum absolute atomic E-state index is 0.0530. The summed E-state index contributed by atoms with van der Waals surface area (Å²) in [6.45, 7) is 3.56. The smallest absolute Gasteiger partial charge is 0.276 e. The van der Waals surface area contributed by atoms with E-state index in [-0.39, 0.29) is 39.8 Å². The van der Waals surface area contributed by atoms with Crippen molar-refractivity contribution in [3.63, 3.8) is 0 Å². The van der Waals surface area contributed by atoms with E-state index in [4.69, 9.17) is 16.3 Å². The number of likely N-dealkylation sites (tertiary alicyclic amines) is 1. The first-order chi connectivity index (χ1) is 25.1. The molecule has 2 aromatic heterocycles. The molecule has 3 N–H and O–H groups in total. The van der Waals surface area contributed by atoms with Gasteiger partial charge in [0.1, 0.15) is 22.9 Å². The third-order valence-electron chi connectivity index (χ3n) is 10.4. The number of amides is 4. The number of nitrogens with zero attached hydrogens (tertiary/aromatic N) is 5. The Bertz CT molecular complexity index is 2080. The number of methoxy groups -OCH3 is 1. The number of anilines is 1. The van der Waals surface area contributed by atoms with Gasteiger partial charge in [0.05, 0.1) is 24.9 Å². The molecule has 1 atom stereocenters. The summed E-state index contributed by atoms with van der Waals surface area (Å²) in [5, 5.41) is 13.3. The molecule has 15 heteroatoms. The van der Waals surface area contributed by atoms with Gasteiger partial charge in [-0.1, -0.05) is 23.7 Å². The van der Waals surface area contributed by atoms with Gasteiger partial charge in [0.15, 0.2) is 0 Å². The molecule has 0 bridgehead atoms. The number of aromatic amines is 1. The SMILES string of the molecule is COc1cc(-c2cn(C)c(=O)c3[nH]ncc23)cc(Cl)c1C(=O)N1CCN(C(=O)CN2CCC(c3ccc(NC4CCC(=O)NC4=O)cc3)CC2)CC1. The second-order valence-electron chi connectivity index (χ2n) is 13.6. The standard InChI is InChI=1S/C37H41ClN8O6/c1-43-20-27(26-19-39-42-34(26)37(43)51)24-17-28(38)33(30(18-24)52-2)36(50)46-15-13-45(14-16-46)32(48)21-44-11-9-23(10-12-44)22-3-5-25(6-4-22)40-29-7-8-31(47)41-35(29)49/h3-6,17-20,23,29,40H,7-16,21H2,1-2H3,(H,39,42)(H,41,47,49). The maximum absolute atomic E-state index is 13.7. The van der Waals surface area contributed by atoms with Gasteiger partial charge in [-0.2, -0.15) is 5.10 Å². The number of pyridine rings is 1. The van der Waals surface area contributed by atoms with Gasteiger partial charge in [-0.05, 0) is 73.7 Å². The van der Waals surface area contributed by atoms with E-state index in [1.54, 1.807) is 36.5 Å². The number of aromatic nitrogens is 3. The van der Waals surface area contributed by atoms with E-state index in [9.17, 15) is 24.0 Å². The number of carbonyl (C=O) groups is 4. The van der Waals surface area contributed by atoms with Crippen LogP contribution in [0.1, 0.15) is 47.5 Å². The van der Waals surface area contributed by atoms with E-state index in [2.05, 4.69) is 37.9 Å². The van der Waals surface area contributed by atoms with Gasteiger partial charge < -0.3 is 24.4 Å². The first-order valence-corrected chi connectivity index (χ1v) is 17.9. The van der Waals surface area contributed by atoms with Crippen LogP contribution in [0.3, 0.4) is 0 Å². The summed E-state index contributed by atoms with van der Waals surface area (Å²) in [5.74, 6) is -0.0301. The number of imide groups is 1. The average Bonchev–Trinajstić information content (AvgIpc) is 3.65. The van der Waals surface area contributed by atoms with Gasteiger partial charge in [-0.25, -0.2) is 0 Å². The number of carbonyl (C=O) groups excluding carboxylic acids is 4. The highest BCUT2D eigenvalue weighted by Crippen LogP contribution is 2.36. The summed E-state index contributed by atoms with van der Waals surface area (Å²) in [6, 6.07) is 11.2. The lowest BCUT2D eigenvalue weighted by atomic mass is 9.89. The molecule has 3 saturated heterocycles. The van der Waals surface area contributed by atoms with Crippen molar-refractivity contribution in [3.05, 3.63) is 75.3 Å². The van der Waals surface area contributed by atoms with Crippen LogP contribution >= 0.6 is 11.6 Å². The molecule has 3 fully saturated rings. The number of hydrogen-bond donors (Lipinski definition) is 3. The fraction of sp³-hybridized carbons (Fsp3) is 0.405. The normalized spacial score (nSPS) is 18.8. The van der Waals surface area contributed by atoms with Gasteiger partial charge in [-0.3, -0.25) is 39.3 Å².